The van der Waals surface area contributed by atoms with Crippen molar-refractivity contribution in [1.29, 1.82) is 0 Å². The third kappa shape index (κ3) is 3.74. The van der Waals surface area contributed by atoms with E-state index in [1.54, 1.807) is 30.0 Å². The minimum absolute atomic E-state index is 0.130. The van der Waals surface area contributed by atoms with E-state index >= 15 is 0 Å². The summed E-state index contributed by atoms with van der Waals surface area (Å²) in [4.78, 5) is 40.4. The first-order valence-corrected chi connectivity index (χ1v) is 11.2. The minimum atomic E-state index is -0.943. The monoisotopic (exact) mass is 481 g/mol. The predicted octanol–water partition coefficient (Wildman–Crippen LogP) is 3.34. The summed E-state index contributed by atoms with van der Waals surface area (Å²) in [6.07, 6.45) is 1.82. The van der Waals surface area contributed by atoms with Crippen LogP contribution in [-0.4, -0.2) is 32.9 Å². The molecule has 2 bridgehead atoms. The van der Waals surface area contributed by atoms with Gasteiger partial charge in [0.15, 0.2) is 11.4 Å². The SMILES string of the molecule is Cc1ccc(CNC(=O)c2cn3c(c(O)c2=O)C(=O)N2Cc4ccc(Cl)cc4C[C@H]3C2)c(F)c1. The molecule has 34 heavy (non-hydrogen) atoms. The molecule has 2 amide bonds. The van der Waals surface area contributed by atoms with E-state index in [-0.39, 0.29) is 29.4 Å². The summed E-state index contributed by atoms with van der Waals surface area (Å²) >= 11 is 6.17. The second kappa shape index (κ2) is 8.29. The third-order valence-corrected chi connectivity index (χ3v) is 6.64. The molecule has 0 saturated heterocycles. The smallest absolute Gasteiger partial charge is 0.274 e. The van der Waals surface area contributed by atoms with Crippen LogP contribution in [0.4, 0.5) is 4.39 Å². The van der Waals surface area contributed by atoms with Crippen LogP contribution >= 0.6 is 11.6 Å². The van der Waals surface area contributed by atoms with Gasteiger partial charge in [-0.15, -0.1) is 0 Å². The number of carbonyl (C=O) groups is 2. The van der Waals surface area contributed by atoms with E-state index in [1.807, 2.05) is 12.1 Å². The number of amides is 2. The summed E-state index contributed by atoms with van der Waals surface area (Å²) in [5.41, 5.74) is 1.52. The van der Waals surface area contributed by atoms with Crippen LogP contribution in [0.3, 0.4) is 0 Å². The highest BCUT2D eigenvalue weighted by Crippen LogP contribution is 2.34. The van der Waals surface area contributed by atoms with Gasteiger partial charge in [-0.3, -0.25) is 14.4 Å². The molecule has 0 saturated carbocycles. The van der Waals surface area contributed by atoms with Crippen molar-refractivity contribution in [3.63, 3.8) is 0 Å². The number of aryl methyl sites for hydroxylation is 1. The predicted molar refractivity (Wildman–Crippen MR) is 124 cm³/mol. The van der Waals surface area contributed by atoms with Gasteiger partial charge in [0, 0.05) is 36.4 Å². The molecule has 3 aromatic rings. The molecule has 9 heteroatoms. The number of hydrogen-bond acceptors (Lipinski definition) is 4. The van der Waals surface area contributed by atoms with Crippen molar-refractivity contribution in [2.45, 2.75) is 32.5 Å². The first-order chi connectivity index (χ1) is 16.2. The lowest BCUT2D eigenvalue weighted by Gasteiger charge is -2.34. The zero-order valence-corrected chi connectivity index (χ0v) is 19.0. The molecule has 0 unspecified atom stereocenters. The Morgan fingerprint density at radius 3 is 2.76 bits per heavy atom. The number of nitrogens with one attached hydrogen (secondary N) is 1. The topological polar surface area (TPSA) is 91.6 Å². The fourth-order valence-corrected chi connectivity index (χ4v) is 4.81. The van der Waals surface area contributed by atoms with Crippen molar-refractivity contribution in [3.05, 3.63) is 97.2 Å². The summed E-state index contributed by atoms with van der Waals surface area (Å²) in [5, 5.41) is 13.8. The Hall–Kier alpha value is -3.65. The molecule has 5 rings (SSSR count). The molecular formula is C25H21ClFN3O4. The lowest BCUT2D eigenvalue weighted by atomic mass is 10.0. The highest BCUT2D eigenvalue weighted by molar-refractivity contribution is 6.30. The second-order valence-electron chi connectivity index (χ2n) is 8.71. The Morgan fingerprint density at radius 1 is 1.21 bits per heavy atom. The van der Waals surface area contributed by atoms with Crippen LogP contribution in [0.25, 0.3) is 0 Å². The average Bonchev–Trinajstić information content (AvgIpc) is 2.96. The Labute approximate surface area is 199 Å². The highest BCUT2D eigenvalue weighted by Gasteiger charge is 2.37. The summed E-state index contributed by atoms with van der Waals surface area (Å²) in [5.74, 6) is -2.48. The van der Waals surface area contributed by atoms with Gasteiger partial charge in [0.2, 0.25) is 5.43 Å². The molecule has 1 atom stereocenters. The number of carbonyl (C=O) groups excluding carboxylic acids is 2. The molecule has 2 aliphatic rings. The number of nitrogens with zero attached hydrogens (tertiary/aromatic N) is 2. The maximum absolute atomic E-state index is 14.1. The lowest BCUT2D eigenvalue weighted by molar-refractivity contribution is 0.0653. The van der Waals surface area contributed by atoms with Gasteiger partial charge < -0.3 is 19.9 Å². The first kappa shape index (κ1) is 22.2. The van der Waals surface area contributed by atoms with Crippen molar-refractivity contribution in [2.24, 2.45) is 0 Å². The summed E-state index contributed by atoms with van der Waals surface area (Å²) < 4.78 is 15.6. The second-order valence-corrected chi connectivity index (χ2v) is 9.15. The van der Waals surface area contributed by atoms with E-state index < -0.39 is 28.8 Å². The van der Waals surface area contributed by atoms with Gasteiger partial charge in [-0.2, -0.15) is 0 Å². The van der Waals surface area contributed by atoms with Crippen molar-refractivity contribution < 1.29 is 19.1 Å². The van der Waals surface area contributed by atoms with Crippen LogP contribution in [0.1, 0.15) is 49.1 Å². The van der Waals surface area contributed by atoms with Gasteiger partial charge in [-0.25, -0.2) is 4.39 Å². The lowest BCUT2D eigenvalue weighted by Crippen LogP contribution is -2.44. The van der Waals surface area contributed by atoms with Gasteiger partial charge >= 0.3 is 0 Å². The number of benzene rings is 2. The number of halogens is 2. The van der Waals surface area contributed by atoms with E-state index in [0.717, 1.165) is 16.7 Å². The largest absolute Gasteiger partial charge is 0.503 e. The Balaban J connectivity index is 1.51. The maximum Gasteiger partial charge on any atom is 0.274 e. The molecule has 0 radical (unpaired) electrons. The average molecular weight is 482 g/mol. The number of rotatable bonds is 3. The Morgan fingerprint density at radius 2 is 2.00 bits per heavy atom. The van der Waals surface area contributed by atoms with Gasteiger partial charge in [0.1, 0.15) is 11.4 Å². The van der Waals surface area contributed by atoms with Gasteiger partial charge in [-0.05, 0) is 48.2 Å². The van der Waals surface area contributed by atoms with Gasteiger partial charge in [0.25, 0.3) is 11.8 Å². The minimum Gasteiger partial charge on any atom is -0.503 e. The third-order valence-electron chi connectivity index (χ3n) is 6.40. The number of fused-ring (bicyclic) bond motifs is 5. The summed E-state index contributed by atoms with van der Waals surface area (Å²) in [6, 6.07) is 9.79. The van der Waals surface area contributed by atoms with Crippen LogP contribution in [0, 0.1) is 12.7 Å². The van der Waals surface area contributed by atoms with Crippen LogP contribution < -0.4 is 10.7 Å². The zero-order chi connectivity index (χ0) is 24.1. The van der Waals surface area contributed by atoms with E-state index in [1.165, 1.54) is 16.8 Å². The molecule has 3 heterocycles. The fourth-order valence-electron chi connectivity index (χ4n) is 4.62. The van der Waals surface area contributed by atoms with E-state index in [4.69, 9.17) is 11.6 Å². The highest BCUT2D eigenvalue weighted by atomic mass is 35.5. The van der Waals surface area contributed by atoms with Crippen LogP contribution in [-0.2, 0) is 19.5 Å². The van der Waals surface area contributed by atoms with Gasteiger partial charge in [0.05, 0.1) is 6.04 Å². The molecule has 0 spiro atoms. The van der Waals surface area contributed by atoms with E-state index in [0.29, 0.717) is 24.5 Å². The number of hydrogen-bond donors (Lipinski definition) is 2. The first-order valence-electron chi connectivity index (χ1n) is 10.8. The fraction of sp³-hybridized carbons (Fsp3) is 0.240. The summed E-state index contributed by atoms with van der Waals surface area (Å²) in [7, 11) is 0. The zero-order valence-electron chi connectivity index (χ0n) is 18.3. The number of pyridine rings is 1. The van der Waals surface area contributed by atoms with Crippen molar-refractivity contribution in [1.82, 2.24) is 14.8 Å². The Bertz CT molecular complexity index is 1420. The molecule has 0 aliphatic carbocycles. The molecular weight excluding hydrogens is 461 g/mol. The van der Waals surface area contributed by atoms with Crippen molar-refractivity contribution in [3.8, 4) is 5.75 Å². The van der Waals surface area contributed by atoms with Crippen LogP contribution in [0.2, 0.25) is 5.02 Å². The molecule has 2 aromatic carbocycles. The maximum atomic E-state index is 14.1. The molecule has 2 aliphatic heterocycles. The van der Waals surface area contributed by atoms with Crippen LogP contribution in [0.15, 0.2) is 47.4 Å². The van der Waals surface area contributed by atoms with E-state index in [9.17, 15) is 23.9 Å². The molecule has 174 valence electrons. The number of aromatic hydroxyl groups is 1. The van der Waals surface area contributed by atoms with Crippen LogP contribution in [0.5, 0.6) is 5.75 Å². The normalized spacial score (nSPS) is 16.5. The standard InChI is InChI=1S/C25H21ClFN3O4/c1-13-2-3-14(20(27)6-13)9-28-24(33)19-12-30-18-8-16-7-17(26)5-4-15(16)10-29(11-18)25(34)21(30)23(32)22(19)31/h2-7,12,18,32H,8-11H2,1H3,(H,28,33)/t18-/m0/s1. The Kier molecular flexibility index (Phi) is 5.40. The van der Waals surface area contributed by atoms with Gasteiger partial charge in [-0.1, -0.05) is 29.8 Å². The molecule has 1 aromatic heterocycles. The summed E-state index contributed by atoms with van der Waals surface area (Å²) in [6.45, 7) is 2.31. The quantitative estimate of drug-likeness (QED) is 0.600. The molecule has 2 N–H and O–H groups in total. The number of aromatic nitrogens is 1. The van der Waals surface area contributed by atoms with Crippen molar-refractivity contribution in [2.75, 3.05) is 6.54 Å². The van der Waals surface area contributed by atoms with E-state index in [2.05, 4.69) is 5.32 Å². The molecule has 7 nitrogen and oxygen atoms in total. The van der Waals surface area contributed by atoms with Crippen molar-refractivity contribution >= 4 is 23.4 Å². The molecule has 0 fully saturated rings.